The summed E-state index contributed by atoms with van der Waals surface area (Å²) in [6.07, 6.45) is 0.591. The molecular weight excluding hydrogens is 206 g/mol. The van der Waals surface area contributed by atoms with Crippen molar-refractivity contribution in [3.8, 4) is 0 Å². The van der Waals surface area contributed by atoms with Gasteiger partial charge in [-0.25, -0.2) is 0 Å². The standard InChI is InChI=1S/C12H23NO3/c1-5-15-7-6-11(14)13-8-10(2)16-9-12(13,3)4/h10H,5-9H2,1-4H3/t10-/m1/s1. The van der Waals surface area contributed by atoms with Gasteiger partial charge in [0.1, 0.15) is 0 Å². The molecule has 16 heavy (non-hydrogen) atoms. The van der Waals surface area contributed by atoms with Crippen LogP contribution in [-0.4, -0.2) is 48.8 Å². The summed E-state index contributed by atoms with van der Waals surface area (Å²) in [7, 11) is 0. The van der Waals surface area contributed by atoms with E-state index in [9.17, 15) is 4.79 Å². The summed E-state index contributed by atoms with van der Waals surface area (Å²) in [5, 5.41) is 0. The van der Waals surface area contributed by atoms with E-state index in [4.69, 9.17) is 9.47 Å². The molecule has 0 radical (unpaired) electrons. The Kier molecular flexibility index (Phi) is 4.74. The van der Waals surface area contributed by atoms with E-state index in [2.05, 4.69) is 0 Å². The molecule has 1 aliphatic rings. The van der Waals surface area contributed by atoms with Gasteiger partial charge >= 0.3 is 0 Å². The summed E-state index contributed by atoms with van der Waals surface area (Å²) in [6, 6.07) is 0. The molecule has 0 unspecified atom stereocenters. The quantitative estimate of drug-likeness (QED) is 0.685. The lowest BCUT2D eigenvalue weighted by molar-refractivity contribution is -0.153. The zero-order valence-electron chi connectivity index (χ0n) is 10.8. The Morgan fingerprint density at radius 3 is 2.88 bits per heavy atom. The zero-order valence-corrected chi connectivity index (χ0v) is 10.8. The molecular formula is C12H23NO3. The van der Waals surface area contributed by atoms with Crippen LogP contribution in [0.25, 0.3) is 0 Å². The first-order valence-corrected chi connectivity index (χ1v) is 5.97. The van der Waals surface area contributed by atoms with Crippen LogP contribution >= 0.6 is 0 Å². The van der Waals surface area contributed by atoms with Crippen molar-refractivity contribution in [1.29, 1.82) is 0 Å². The molecule has 1 atom stereocenters. The number of amides is 1. The largest absolute Gasteiger partial charge is 0.381 e. The first-order valence-electron chi connectivity index (χ1n) is 5.97. The molecule has 1 heterocycles. The summed E-state index contributed by atoms with van der Waals surface area (Å²) in [4.78, 5) is 13.9. The number of hydrogen-bond donors (Lipinski definition) is 0. The van der Waals surface area contributed by atoms with Gasteiger partial charge in [0.25, 0.3) is 0 Å². The van der Waals surface area contributed by atoms with Crippen molar-refractivity contribution in [3.05, 3.63) is 0 Å². The van der Waals surface area contributed by atoms with Crippen molar-refractivity contribution in [2.45, 2.75) is 45.8 Å². The minimum Gasteiger partial charge on any atom is -0.381 e. The molecule has 0 spiro atoms. The van der Waals surface area contributed by atoms with Gasteiger partial charge in [-0.3, -0.25) is 4.79 Å². The highest BCUT2D eigenvalue weighted by Gasteiger charge is 2.36. The highest BCUT2D eigenvalue weighted by molar-refractivity contribution is 5.77. The number of carbonyl (C=O) groups excluding carboxylic acids is 1. The summed E-state index contributed by atoms with van der Waals surface area (Å²) in [5.74, 6) is 0.161. The Balaban J connectivity index is 2.51. The van der Waals surface area contributed by atoms with Gasteiger partial charge < -0.3 is 14.4 Å². The van der Waals surface area contributed by atoms with E-state index in [1.165, 1.54) is 0 Å². The van der Waals surface area contributed by atoms with E-state index in [-0.39, 0.29) is 17.6 Å². The summed E-state index contributed by atoms with van der Waals surface area (Å²) >= 11 is 0. The van der Waals surface area contributed by atoms with Gasteiger partial charge in [0, 0.05) is 13.2 Å². The maximum absolute atomic E-state index is 12.0. The minimum absolute atomic E-state index is 0.129. The summed E-state index contributed by atoms with van der Waals surface area (Å²) < 4.78 is 10.8. The van der Waals surface area contributed by atoms with Crippen LogP contribution in [0, 0.1) is 0 Å². The highest BCUT2D eigenvalue weighted by atomic mass is 16.5. The molecule has 4 heteroatoms. The smallest absolute Gasteiger partial charge is 0.225 e. The SMILES string of the molecule is CCOCCC(=O)N1C[C@@H](C)OCC1(C)C. The third-order valence-corrected chi connectivity index (χ3v) is 2.86. The topological polar surface area (TPSA) is 38.8 Å². The first kappa shape index (κ1) is 13.5. The fourth-order valence-electron chi connectivity index (χ4n) is 1.86. The lowest BCUT2D eigenvalue weighted by Gasteiger charge is -2.44. The van der Waals surface area contributed by atoms with Gasteiger partial charge in [0.2, 0.25) is 5.91 Å². The van der Waals surface area contributed by atoms with E-state index < -0.39 is 0 Å². The Morgan fingerprint density at radius 1 is 1.56 bits per heavy atom. The van der Waals surface area contributed by atoms with E-state index in [0.29, 0.717) is 32.8 Å². The highest BCUT2D eigenvalue weighted by Crippen LogP contribution is 2.22. The van der Waals surface area contributed by atoms with Gasteiger partial charge in [-0.15, -0.1) is 0 Å². The van der Waals surface area contributed by atoms with Gasteiger partial charge in [-0.1, -0.05) is 0 Å². The van der Waals surface area contributed by atoms with Gasteiger partial charge in [-0.05, 0) is 27.7 Å². The maximum atomic E-state index is 12.0. The average Bonchev–Trinajstić information content (AvgIpc) is 2.22. The molecule has 0 N–H and O–H groups in total. The number of carbonyl (C=O) groups is 1. The van der Waals surface area contributed by atoms with Crippen molar-refractivity contribution in [2.75, 3.05) is 26.4 Å². The van der Waals surface area contributed by atoms with Crippen LogP contribution in [0.5, 0.6) is 0 Å². The Labute approximate surface area is 97.9 Å². The van der Waals surface area contributed by atoms with Crippen LogP contribution in [0.15, 0.2) is 0 Å². The number of hydrogen-bond acceptors (Lipinski definition) is 3. The predicted octanol–water partition coefficient (Wildman–Crippen LogP) is 1.44. The predicted molar refractivity (Wildman–Crippen MR) is 62.3 cm³/mol. The number of ether oxygens (including phenoxy) is 2. The van der Waals surface area contributed by atoms with Crippen LogP contribution in [-0.2, 0) is 14.3 Å². The first-order chi connectivity index (χ1) is 7.47. The van der Waals surface area contributed by atoms with Crippen molar-refractivity contribution in [2.24, 2.45) is 0 Å². The lowest BCUT2D eigenvalue weighted by atomic mass is 10.0. The molecule has 0 saturated carbocycles. The molecule has 94 valence electrons. The molecule has 0 bridgehead atoms. The molecule has 1 amide bonds. The molecule has 1 saturated heterocycles. The normalized spacial score (nSPS) is 24.5. The number of nitrogens with zero attached hydrogens (tertiary/aromatic N) is 1. The van der Waals surface area contributed by atoms with E-state index in [1.807, 2.05) is 32.6 Å². The lowest BCUT2D eigenvalue weighted by Crippen LogP contribution is -2.57. The molecule has 0 aromatic heterocycles. The second kappa shape index (κ2) is 5.64. The van der Waals surface area contributed by atoms with Crippen LogP contribution in [0.1, 0.15) is 34.1 Å². The molecule has 1 rings (SSSR count). The van der Waals surface area contributed by atoms with Crippen LogP contribution in [0.3, 0.4) is 0 Å². The Morgan fingerprint density at radius 2 is 2.25 bits per heavy atom. The van der Waals surface area contributed by atoms with E-state index in [1.54, 1.807) is 0 Å². The molecule has 0 aromatic rings. The van der Waals surface area contributed by atoms with Crippen LogP contribution in [0.2, 0.25) is 0 Å². The summed E-state index contributed by atoms with van der Waals surface area (Å²) in [5.41, 5.74) is -0.199. The zero-order chi connectivity index (χ0) is 12.2. The van der Waals surface area contributed by atoms with Crippen molar-refractivity contribution >= 4 is 5.91 Å². The molecule has 0 aromatic carbocycles. The van der Waals surface area contributed by atoms with Crippen LogP contribution < -0.4 is 0 Å². The fraction of sp³-hybridized carbons (Fsp3) is 0.917. The minimum atomic E-state index is -0.199. The van der Waals surface area contributed by atoms with Gasteiger partial charge in [-0.2, -0.15) is 0 Å². The third kappa shape index (κ3) is 3.46. The second-order valence-electron chi connectivity index (χ2n) is 4.89. The average molecular weight is 229 g/mol. The number of morpholine rings is 1. The number of rotatable bonds is 4. The third-order valence-electron chi connectivity index (χ3n) is 2.86. The molecule has 4 nitrogen and oxygen atoms in total. The molecule has 1 aliphatic heterocycles. The van der Waals surface area contributed by atoms with Gasteiger partial charge in [0.05, 0.1) is 31.3 Å². The fourth-order valence-corrected chi connectivity index (χ4v) is 1.86. The second-order valence-corrected chi connectivity index (χ2v) is 4.89. The van der Waals surface area contributed by atoms with E-state index >= 15 is 0 Å². The maximum Gasteiger partial charge on any atom is 0.225 e. The van der Waals surface area contributed by atoms with Crippen molar-refractivity contribution in [1.82, 2.24) is 4.90 Å². The molecule has 1 fully saturated rings. The van der Waals surface area contributed by atoms with Crippen molar-refractivity contribution in [3.63, 3.8) is 0 Å². The summed E-state index contributed by atoms with van der Waals surface area (Å²) in [6.45, 7) is 10.5. The monoisotopic (exact) mass is 229 g/mol. The Hall–Kier alpha value is -0.610. The Bertz CT molecular complexity index is 240. The van der Waals surface area contributed by atoms with Gasteiger partial charge in [0.15, 0.2) is 0 Å². The van der Waals surface area contributed by atoms with E-state index in [0.717, 1.165) is 0 Å². The van der Waals surface area contributed by atoms with Crippen LogP contribution in [0.4, 0.5) is 0 Å². The molecule has 0 aliphatic carbocycles. The van der Waals surface area contributed by atoms with Crippen molar-refractivity contribution < 1.29 is 14.3 Å².